The summed E-state index contributed by atoms with van der Waals surface area (Å²) in [6.45, 7) is 2.81. The molecule has 0 aromatic carbocycles. The van der Waals surface area contributed by atoms with E-state index in [1.807, 2.05) is 6.92 Å². The lowest BCUT2D eigenvalue weighted by Crippen LogP contribution is -2.46. The van der Waals surface area contributed by atoms with E-state index in [1.165, 1.54) is 0 Å². The molecule has 1 saturated heterocycles. The van der Waals surface area contributed by atoms with E-state index in [4.69, 9.17) is 4.74 Å². The summed E-state index contributed by atoms with van der Waals surface area (Å²) >= 11 is 1.03. The molecule has 1 aliphatic rings. The third-order valence-electron chi connectivity index (χ3n) is 3.59. The Kier molecular flexibility index (Phi) is 4.66. The minimum Gasteiger partial charge on any atom is -0.481 e. The van der Waals surface area contributed by atoms with Crippen LogP contribution in [-0.4, -0.2) is 46.3 Å². The van der Waals surface area contributed by atoms with Crippen LogP contribution in [0.25, 0.3) is 0 Å². The van der Waals surface area contributed by atoms with Gasteiger partial charge >= 0.3 is 5.97 Å². The predicted octanol–water partition coefficient (Wildman–Crippen LogP) is 0.712. The topological polar surface area (TPSA) is 101 Å². The molecule has 1 amide bonds. The number of carboxylic acid groups (broad SMARTS) is 1. The molecule has 110 valence electrons. The van der Waals surface area contributed by atoms with Gasteiger partial charge in [-0.2, -0.15) is 0 Å². The summed E-state index contributed by atoms with van der Waals surface area (Å²) in [5.41, 5.74) is -0.290. The van der Waals surface area contributed by atoms with Crippen LogP contribution >= 0.6 is 11.5 Å². The summed E-state index contributed by atoms with van der Waals surface area (Å²) in [6, 6.07) is 0. The van der Waals surface area contributed by atoms with Gasteiger partial charge < -0.3 is 15.2 Å². The van der Waals surface area contributed by atoms with E-state index in [9.17, 15) is 14.7 Å². The monoisotopic (exact) mass is 299 g/mol. The fourth-order valence-electron chi connectivity index (χ4n) is 2.17. The molecule has 1 aliphatic heterocycles. The van der Waals surface area contributed by atoms with Crippen LogP contribution in [0.4, 0.5) is 0 Å². The SMILES string of the molecule is CCc1nnsc1C(=O)NCC1(C(=O)O)CCOCC1. The fraction of sp³-hybridized carbons (Fsp3) is 0.667. The lowest BCUT2D eigenvalue weighted by atomic mass is 9.80. The van der Waals surface area contributed by atoms with Crippen LogP contribution in [0.3, 0.4) is 0 Å². The van der Waals surface area contributed by atoms with E-state index in [2.05, 4.69) is 14.9 Å². The Morgan fingerprint density at radius 3 is 2.75 bits per heavy atom. The number of hydrogen-bond acceptors (Lipinski definition) is 6. The molecule has 0 radical (unpaired) electrons. The number of carbonyl (C=O) groups is 2. The van der Waals surface area contributed by atoms with Crippen molar-refractivity contribution >= 4 is 23.4 Å². The van der Waals surface area contributed by atoms with Gasteiger partial charge in [0.2, 0.25) is 0 Å². The summed E-state index contributed by atoms with van der Waals surface area (Å²) in [5.74, 6) is -1.19. The van der Waals surface area contributed by atoms with Gasteiger partial charge in [-0.1, -0.05) is 11.4 Å². The molecule has 2 rings (SSSR count). The lowest BCUT2D eigenvalue weighted by Gasteiger charge is -2.33. The van der Waals surface area contributed by atoms with Crippen molar-refractivity contribution in [3.8, 4) is 0 Å². The minimum atomic E-state index is -0.932. The van der Waals surface area contributed by atoms with E-state index in [0.29, 0.717) is 43.0 Å². The highest BCUT2D eigenvalue weighted by atomic mass is 32.1. The highest BCUT2D eigenvalue weighted by Crippen LogP contribution is 2.30. The third-order valence-corrected chi connectivity index (χ3v) is 4.35. The number of carbonyl (C=O) groups excluding carboxylic acids is 1. The first kappa shape index (κ1) is 14.9. The first-order valence-corrected chi connectivity index (χ1v) is 7.27. The number of aliphatic carboxylic acids is 1. The van der Waals surface area contributed by atoms with Crippen LogP contribution in [0.2, 0.25) is 0 Å². The second-order valence-electron chi connectivity index (χ2n) is 4.78. The fourth-order valence-corrected chi connectivity index (χ4v) is 2.84. The quantitative estimate of drug-likeness (QED) is 0.830. The minimum absolute atomic E-state index is 0.103. The second kappa shape index (κ2) is 6.27. The number of carboxylic acids is 1. The summed E-state index contributed by atoms with van der Waals surface area (Å²) in [7, 11) is 0. The smallest absolute Gasteiger partial charge is 0.311 e. The molecule has 0 saturated carbocycles. The molecule has 0 bridgehead atoms. The third kappa shape index (κ3) is 2.96. The van der Waals surface area contributed by atoms with Crippen LogP contribution in [0.1, 0.15) is 35.1 Å². The van der Waals surface area contributed by atoms with Gasteiger partial charge in [0.1, 0.15) is 4.88 Å². The van der Waals surface area contributed by atoms with E-state index >= 15 is 0 Å². The molecule has 0 unspecified atom stereocenters. The van der Waals surface area contributed by atoms with Crippen LogP contribution in [0.5, 0.6) is 0 Å². The molecule has 8 heteroatoms. The van der Waals surface area contributed by atoms with Gasteiger partial charge in [-0.15, -0.1) is 5.10 Å². The maximum atomic E-state index is 12.1. The molecule has 2 heterocycles. The van der Waals surface area contributed by atoms with Crippen LogP contribution in [0.15, 0.2) is 0 Å². The molecule has 0 aliphatic carbocycles. The van der Waals surface area contributed by atoms with Crippen molar-refractivity contribution in [2.75, 3.05) is 19.8 Å². The number of hydrogen-bond donors (Lipinski definition) is 2. The Morgan fingerprint density at radius 1 is 1.45 bits per heavy atom. The molecule has 1 aromatic rings. The number of aromatic nitrogens is 2. The van der Waals surface area contributed by atoms with Crippen molar-refractivity contribution in [2.24, 2.45) is 5.41 Å². The van der Waals surface area contributed by atoms with Crippen molar-refractivity contribution in [3.05, 3.63) is 10.6 Å². The number of amides is 1. The zero-order valence-electron chi connectivity index (χ0n) is 11.2. The number of nitrogens with one attached hydrogen (secondary N) is 1. The number of nitrogens with zero attached hydrogens (tertiary/aromatic N) is 2. The largest absolute Gasteiger partial charge is 0.481 e. The van der Waals surface area contributed by atoms with Crippen molar-refractivity contribution in [1.29, 1.82) is 0 Å². The lowest BCUT2D eigenvalue weighted by molar-refractivity contribution is -0.154. The van der Waals surface area contributed by atoms with E-state index in [-0.39, 0.29) is 12.5 Å². The standard InChI is InChI=1S/C12H17N3O4S/c1-2-8-9(20-15-14-8)10(16)13-7-12(11(17)18)3-5-19-6-4-12/h2-7H2,1H3,(H,13,16)(H,17,18). The van der Waals surface area contributed by atoms with Crippen molar-refractivity contribution in [2.45, 2.75) is 26.2 Å². The molecule has 0 spiro atoms. The van der Waals surface area contributed by atoms with Gasteiger partial charge in [0.25, 0.3) is 5.91 Å². The molecule has 20 heavy (non-hydrogen) atoms. The number of ether oxygens (including phenoxy) is 1. The first-order valence-electron chi connectivity index (χ1n) is 6.49. The van der Waals surface area contributed by atoms with Crippen molar-refractivity contribution in [1.82, 2.24) is 14.9 Å². The van der Waals surface area contributed by atoms with Gasteiger partial charge in [-0.3, -0.25) is 9.59 Å². The first-order chi connectivity index (χ1) is 9.59. The average molecular weight is 299 g/mol. The van der Waals surface area contributed by atoms with Crippen LogP contribution in [0, 0.1) is 5.41 Å². The molecule has 1 aromatic heterocycles. The Labute approximate surface area is 120 Å². The normalized spacial score (nSPS) is 17.6. The summed E-state index contributed by atoms with van der Waals surface area (Å²) in [6.07, 6.45) is 1.44. The average Bonchev–Trinajstić information content (AvgIpc) is 2.94. The van der Waals surface area contributed by atoms with Gasteiger partial charge in [0.15, 0.2) is 0 Å². The van der Waals surface area contributed by atoms with Gasteiger partial charge in [0.05, 0.1) is 11.1 Å². The summed E-state index contributed by atoms with van der Waals surface area (Å²) in [4.78, 5) is 24.0. The van der Waals surface area contributed by atoms with Crippen LogP contribution < -0.4 is 5.32 Å². The number of aryl methyl sites for hydroxylation is 1. The Balaban J connectivity index is 2.03. The van der Waals surface area contributed by atoms with Gasteiger partial charge in [-0.25, -0.2) is 0 Å². The Hall–Kier alpha value is -1.54. The molecule has 1 fully saturated rings. The maximum absolute atomic E-state index is 12.1. The van der Waals surface area contributed by atoms with Crippen LogP contribution in [-0.2, 0) is 16.0 Å². The highest BCUT2D eigenvalue weighted by molar-refractivity contribution is 7.08. The Morgan fingerprint density at radius 2 is 2.15 bits per heavy atom. The molecule has 2 N–H and O–H groups in total. The molecule has 7 nitrogen and oxygen atoms in total. The highest BCUT2D eigenvalue weighted by Gasteiger charge is 2.40. The van der Waals surface area contributed by atoms with Gasteiger partial charge in [-0.05, 0) is 30.8 Å². The van der Waals surface area contributed by atoms with Crippen molar-refractivity contribution in [3.63, 3.8) is 0 Å². The zero-order chi connectivity index (χ0) is 14.6. The summed E-state index contributed by atoms with van der Waals surface area (Å²) in [5, 5.41) is 16.0. The van der Waals surface area contributed by atoms with Gasteiger partial charge in [0, 0.05) is 19.8 Å². The summed E-state index contributed by atoms with van der Waals surface area (Å²) < 4.78 is 8.95. The molecular weight excluding hydrogens is 282 g/mol. The van der Waals surface area contributed by atoms with E-state index < -0.39 is 11.4 Å². The van der Waals surface area contributed by atoms with E-state index in [1.54, 1.807) is 0 Å². The Bertz CT molecular complexity index is 497. The predicted molar refractivity (Wildman–Crippen MR) is 71.7 cm³/mol. The maximum Gasteiger partial charge on any atom is 0.311 e. The zero-order valence-corrected chi connectivity index (χ0v) is 12.0. The second-order valence-corrected chi connectivity index (χ2v) is 5.54. The van der Waals surface area contributed by atoms with E-state index in [0.717, 1.165) is 11.5 Å². The molecular formula is C12H17N3O4S. The number of rotatable bonds is 5. The van der Waals surface area contributed by atoms with Crippen molar-refractivity contribution < 1.29 is 19.4 Å². The molecule has 0 atom stereocenters.